The van der Waals surface area contributed by atoms with E-state index in [9.17, 15) is 0 Å². The molecule has 0 aromatic carbocycles. The van der Waals surface area contributed by atoms with Crippen molar-refractivity contribution in [1.29, 1.82) is 0 Å². The predicted molar refractivity (Wildman–Crippen MR) is 99.6 cm³/mol. The zero-order valence-corrected chi connectivity index (χ0v) is 16.8. The second-order valence-electron chi connectivity index (χ2n) is 7.66. The van der Waals surface area contributed by atoms with Gasteiger partial charge >= 0.3 is 0 Å². The van der Waals surface area contributed by atoms with E-state index in [0.717, 1.165) is 0 Å². The quantitative estimate of drug-likeness (QED) is 0.241. The summed E-state index contributed by atoms with van der Waals surface area (Å²) in [5.74, 6) is 0. The van der Waals surface area contributed by atoms with Crippen molar-refractivity contribution in [2.24, 2.45) is 0 Å². The summed E-state index contributed by atoms with van der Waals surface area (Å²) in [6.07, 6.45) is 15.9. The second-order valence-corrected chi connectivity index (χ2v) is 12.3. The van der Waals surface area contributed by atoms with Gasteiger partial charge in [-0.25, -0.2) is 0 Å². The van der Waals surface area contributed by atoms with E-state index in [1.807, 2.05) is 0 Å². The van der Waals surface area contributed by atoms with Gasteiger partial charge in [0.15, 0.2) is 8.32 Å². The molecule has 0 saturated carbocycles. The van der Waals surface area contributed by atoms with Crippen molar-refractivity contribution in [1.82, 2.24) is 0 Å². The maximum Gasteiger partial charge on any atom is 0.189 e. The molecule has 0 aliphatic rings. The van der Waals surface area contributed by atoms with Crippen LogP contribution in [0, 0.1) is 0 Å². The molecule has 2 heteroatoms. The topological polar surface area (TPSA) is 9.23 Å². The third-order valence-corrected chi connectivity index (χ3v) is 8.65. The van der Waals surface area contributed by atoms with Crippen molar-refractivity contribution in [2.45, 2.75) is 123 Å². The Hall–Kier alpha value is 0.177. The number of hydrogen-bond donors (Lipinski definition) is 0. The van der Waals surface area contributed by atoms with Gasteiger partial charge in [-0.3, -0.25) is 0 Å². The molecule has 0 N–H and O–H groups in total. The Bertz CT molecular complexity index is 226. The van der Waals surface area contributed by atoms with Gasteiger partial charge in [0.25, 0.3) is 0 Å². The summed E-state index contributed by atoms with van der Waals surface area (Å²) >= 11 is 0. The fraction of sp³-hybridized carbons (Fsp3) is 1.00. The Morgan fingerprint density at radius 1 is 0.714 bits per heavy atom. The van der Waals surface area contributed by atoms with Gasteiger partial charge in [0.05, 0.1) is 0 Å². The van der Waals surface area contributed by atoms with Gasteiger partial charge in [-0.2, -0.15) is 0 Å². The van der Waals surface area contributed by atoms with Gasteiger partial charge in [0, 0.05) is 6.10 Å². The first kappa shape index (κ1) is 21.2. The molecule has 0 heterocycles. The first-order valence-corrected chi connectivity index (χ1v) is 12.6. The summed E-state index contributed by atoms with van der Waals surface area (Å²) in [4.78, 5) is 0. The van der Waals surface area contributed by atoms with E-state index in [-0.39, 0.29) is 0 Å². The lowest BCUT2D eigenvalue weighted by atomic mass is 10.1. The predicted octanol–water partition coefficient (Wildman–Crippen LogP) is 7.32. The largest absolute Gasteiger partial charge is 0.414 e. The molecule has 0 aromatic rings. The van der Waals surface area contributed by atoms with Crippen LogP contribution in [0.1, 0.15) is 98.3 Å². The molecular formula is C19H42OSi. The first-order chi connectivity index (χ1) is 9.90. The van der Waals surface area contributed by atoms with Crippen LogP contribution in [-0.2, 0) is 4.43 Å². The molecule has 0 fully saturated rings. The van der Waals surface area contributed by atoms with Crippen molar-refractivity contribution >= 4 is 8.32 Å². The summed E-state index contributed by atoms with van der Waals surface area (Å²) in [5, 5.41) is 0. The minimum absolute atomic E-state index is 0.461. The van der Waals surface area contributed by atoms with Crippen LogP contribution in [0.4, 0.5) is 0 Å². The minimum atomic E-state index is -1.44. The summed E-state index contributed by atoms with van der Waals surface area (Å²) in [6.45, 7) is 13.9. The molecule has 0 aliphatic heterocycles. The average molecular weight is 315 g/mol. The Balaban J connectivity index is 3.39. The summed E-state index contributed by atoms with van der Waals surface area (Å²) in [7, 11) is -1.44. The highest BCUT2D eigenvalue weighted by Crippen LogP contribution is 2.24. The lowest BCUT2D eigenvalue weighted by molar-refractivity contribution is 0.192. The molecule has 0 rings (SSSR count). The molecule has 0 radical (unpaired) electrons. The molecule has 1 unspecified atom stereocenters. The van der Waals surface area contributed by atoms with E-state index in [0.29, 0.717) is 11.6 Å². The van der Waals surface area contributed by atoms with Gasteiger partial charge in [-0.1, -0.05) is 85.0 Å². The fourth-order valence-corrected chi connectivity index (χ4v) is 4.06. The molecular weight excluding hydrogens is 272 g/mol. The Kier molecular flexibility index (Phi) is 12.8. The van der Waals surface area contributed by atoms with Crippen molar-refractivity contribution in [3.63, 3.8) is 0 Å². The lowest BCUT2D eigenvalue weighted by Crippen LogP contribution is -2.37. The molecule has 0 aliphatic carbocycles. The SMILES string of the molecule is CCCCCCCCCCCCC(C)O[Si](C)(C)C(C)C. The molecule has 128 valence electrons. The molecule has 0 saturated heterocycles. The van der Waals surface area contributed by atoms with Crippen LogP contribution >= 0.6 is 0 Å². The smallest absolute Gasteiger partial charge is 0.189 e. The zero-order valence-electron chi connectivity index (χ0n) is 15.8. The molecule has 21 heavy (non-hydrogen) atoms. The first-order valence-electron chi connectivity index (χ1n) is 9.58. The van der Waals surface area contributed by atoms with E-state index in [4.69, 9.17) is 4.43 Å². The van der Waals surface area contributed by atoms with Gasteiger partial charge in [-0.15, -0.1) is 0 Å². The van der Waals surface area contributed by atoms with Crippen molar-refractivity contribution in [2.75, 3.05) is 0 Å². The van der Waals surface area contributed by atoms with E-state index in [2.05, 4.69) is 40.8 Å². The minimum Gasteiger partial charge on any atom is -0.414 e. The summed E-state index contributed by atoms with van der Waals surface area (Å²) in [6, 6.07) is 0. The Morgan fingerprint density at radius 2 is 1.14 bits per heavy atom. The van der Waals surface area contributed by atoms with E-state index >= 15 is 0 Å². The van der Waals surface area contributed by atoms with Crippen molar-refractivity contribution in [3.05, 3.63) is 0 Å². The third kappa shape index (κ3) is 12.4. The van der Waals surface area contributed by atoms with Gasteiger partial charge in [0.1, 0.15) is 0 Å². The monoisotopic (exact) mass is 314 g/mol. The highest BCUT2D eigenvalue weighted by molar-refractivity contribution is 6.72. The molecule has 0 amide bonds. The van der Waals surface area contributed by atoms with Crippen LogP contribution in [0.15, 0.2) is 0 Å². The lowest BCUT2D eigenvalue weighted by Gasteiger charge is -2.30. The summed E-state index contributed by atoms with van der Waals surface area (Å²) < 4.78 is 6.32. The normalized spacial score (nSPS) is 13.9. The van der Waals surface area contributed by atoms with E-state index in [1.165, 1.54) is 70.6 Å². The number of rotatable bonds is 14. The Labute approximate surface area is 136 Å². The average Bonchev–Trinajstić information content (AvgIpc) is 2.40. The molecule has 1 nitrogen and oxygen atoms in total. The number of hydrogen-bond acceptors (Lipinski definition) is 1. The highest BCUT2D eigenvalue weighted by atomic mass is 28.4. The molecule has 1 atom stereocenters. The van der Waals surface area contributed by atoms with Crippen molar-refractivity contribution < 1.29 is 4.43 Å². The van der Waals surface area contributed by atoms with Gasteiger partial charge in [-0.05, 0) is 32.0 Å². The fourth-order valence-electron chi connectivity index (χ4n) is 2.63. The maximum atomic E-state index is 6.32. The van der Waals surface area contributed by atoms with Crippen LogP contribution in [-0.4, -0.2) is 14.4 Å². The summed E-state index contributed by atoms with van der Waals surface area (Å²) in [5.41, 5.74) is 0.715. The zero-order chi connectivity index (χ0) is 16.1. The van der Waals surface area contributed by atoms with Crippen LogP contribution in [0.25, 0.3) is 0 Å². The maximum absolute atomic E-state index is 6.32. The van der Waals surface area contributed by atoms with Crippen molar-refractivity contribution in [3.8, 4) is 0 Å². The number of unbranched alkanes of at least 4 members (excludes halogenated alkanes) is 9. The molecule has 0 spiro atoms. The molecule has 0 bridgehead atoms. The third-order valence-electron chi connectivity index (χ3n) is 4.86. The van der Waals surface area contributed by atoms with Crippen LogP contribution < -0.4 is 0 Å². The van der Waals surface area contributed by atoms with E-state index in [1.54, 1.807) is 0 Å². The van der Waals surface area contributed by atoms with Crippen LogP contribution in [0.3, 0.4) is 0 Å². The van der Waals surface area contributed by atoms with Crippen LogP contribution in [0.2, 0.25) is 18.6 Å². The highest BCUT2D eigenvalue weighted by Gasteiger charge is 2.28. The Morgan fingerprint density at radius 3 is 1.57 bits per heavy atom. The standard InChI is InChI=1S/C19H42OSi/c1-7-8-9-10-11-12-13-14-15-16-17-19(4)20-21(5,6)18(2)3/h18-19H,7-17H2,1-6H3. The van der Waals surface area contributed by atoms with Crippen LogP contribution in [0.5, 0.6) is 0 Å². The van der Waals surface area contributed by atoms with Gasteiger partial charge < -0.3 is 4.43 Å². The van der Waals surface area contributed by atoms with Gasteiger partial charge in [0.2, 0.25) is 0 Å². The molecule has 0 aromatic heterocycles. The second kappa shape index (κ2) is 12.7. The van der Waals surface area contributed by atoms with E-state index < -0.39 is 8.32 Å².